The summed E-state index contributed by atoms with van der Waals surface area (Å²) in [5.41, 5.74) is 0.307. The van der Waals surface area contributed by atoms with E-state index in [9.17, 15) is 9.67 Å². The van der Waals surface area contributed by atoms with Crippen molar-refractivity contribution in [2.45, 2.75) is 32.3 Å². The van der Waals surface area contributed by atoms with Gasteiger partial charge in [-0.15, -0.1) is 0 Å². The van der Waals surface area contributed by atoms with E-state index in [-0.39, 0.29) is 23.6 Å². The van der Waals surface area contributed by atoms with Gasteiger partial charge in [-0.1, -0.05) is 74.5 Å². The van der Waals surface area contributed by atoms with Crippen LogP contribution in [0.2, 0.25) is 0 Å². The molecule has 0 aromatic heterocycles. The highest BCUT2D eigenvalue weighted by Gasteiger charge is 2.61. The van der Waals surface area contributed by atoms with E-state index in [1.807, 2.05) is 60.7 Å². The van der Waals surface area contributed by atoms with Gasteiger partial charge >= 0.3 is 0 Å². The SMILES string of the molecule is CC1(C)C2CC1C(CO)C(P(=O)(c1ccccc1)c1ccccc1)C2. The number of hydrogen-bond acceptors (Lipinski definition) is 2. The molecule has 0 amide bonds. The quantitative estimate of drug-likeness (QED) is 0.842. The lowest BCUT2D eigenvalue weighted by Crippen LogP contribution is -2.59. The zero-order valence-electron chi connectivity index (χ0n) is 15.0. The minimum Gasteiger partial charge on any atom is -0.396 e. The summed E-state index contributed by atoms with van der Waals surface area (Å²) in [6, 6.07) is 19.9. The lowest BCUT2D eigenvalue weighted by atomic mass is 9.45. The summed E-state index contributed by atoms with van der Waals surface area (Å²) < 4.78 is 14.6. The molecule has 0 radical (unpaired) electrons. The number of aliphatic hydroxyl groups excluding tert-OH is 1. The van der Waals surface area contributed by atoms with E-state index >= 15 is 0 Å². The Morgan fingerprint density at radius 1 is 0.960 bits per heavy atom. The van der Waals surface area contributed by atoms with Crippen molar-refractivity contribution in [1.82, 2.24) is 0 Å². The smallest absolute Gasteiger partial charge is 0.146 e. The molecule has 0 spiro atoms. The number of aliphatic hydroxyl groups is 1. The second-order valence-electron chi connectivity index (χ2n) is 8.34. The molecule has 0 heterocycles. The lowest BCUT2D eigenvalue weighted by Gasteiger charge is -2.63. The molecule has 1 N–H and O–H groups in total. The fourth-order valence-corrected chi connectivity index (χ4v) is 9.10. The molecule has 3 fully saturated rings. The minimum atomic E-state index is -2.80. The van der Waals surface area contributed by atoms with Crippen molar-refractivity contribution in [3.8, 4) is 0 Å². The van der Waals surface area contributed by atoms with Crippen LogP contribution in [0.4, 0.5) is 0 Å². The number of rotatable bonds is 4. The van der Waals surface area contributed by atoms with Crippen LogP contribution in [0, 0.1) is 23.2 Å². The lowest BCUT2D eigenvalue weighted by molar-refractivity contribution is -0.114. The first-order valence-corrected chi connectivity index (χ1v) is 11.1. The van der Waals surface area contributed by atoms with Crippen LogP contribution in [0.1, 0.15) is 26.7 Å². The predicted molar refractivity (Wildman–Crippen MR) is 104 cm³/mol. The molecule has 3 saturated carbocycles. The molecule has 5 rings (SSSR count). The Balaban J connectivity index is 1.84. The van der Waals surface area contributed by atoms with Gasteiger partial charge in [0.25, 0.3) is 0 Å². The minimum absolute atomic E-state index is 0.0408. The van der Waals surface area contributed by atoms with Crippen LogP contribution in [0.3, 0.4) is 0 Å². The highest BCUT2D eigenvalue weighted by atomic mass is 31.2. The van der Waals surface area contributed by atoms with E-state index in [0.29, 0.717) is 11.8 Å². The van der Waals surface area contributed by atoms with Gasteiger partial charge in [0.2, 0.25) is 0 Å². The van der Waals surface area contributed by atoms with Gasteiger partial charge in [0.1, 0.15) is 7.14 Å². The molecule has 2 aromatic carbocycles. The average molecular weight is 354 g/mol. The van der Waals surface area contributed by atoms with Crippen molar-refractivity contribution in [1.29, 1.82) is 0 Å². The number of benzene rings is 2. The van der Waals surface area contributed by atoms with Gasteiger partial charge in [0, 0.05) is 22.9 Å². The molecule has 0 saturated heterocycles. The average Bonchev–Trinajstić information content (AvgIpc) is 2.68. The molecule has 0 aliphatic heterocycles. The molecular formula is C22H27O2P. The third kappa shape index (κ3) is 2.46. The topological polar surface area (TPSA) is 37.3 Å². The molecule has 3 aliphatic carbocycles. The molecule has 132 valence electrons. The fourth-order valence-electron chi connectivity index (χ4n) is 5.42. The first-order valence-electron chi connectivity index (χ1n) is 9.31. The van der Waals surface area contributed by atoms with E-state index in [0.717, 1.165) is 17.0 Å². The van der Waals surface area contributed by atoms with E-state index < -0.39 is 7.14 Å². The van der Waals surface area contributed by atoms with Gasteiger partial charge in [0.05, 0.1) is 0 Å². The molecule has 3 heteroatoms. The Morgan fingerprint density at radius 3 is 1.92 bits per heavy atom. The van der Waals surface area contributed by atoms with Crippen molar-refractivity contribution < 1.29 is 9.67 Å². The molecule has 2 bridgehead atoms. The summed E-state index contributed by atoms with van der Waals surface area (Å²) in [6.07, 6.45) is 2.13. The van der Waals surface area contributed by atoms with Gasteiger partial charge in [-0.2, -0.15) is 0 Å². The highest BCUT2D eigenvalue weighted by molar-refractivity contribution is 7.79. The van der Waals surface area contributed by atoms with Crippen LogP contribution in [0.5, 0.6) is 0 Å². The van der Waals surface area contributed by atoms with Crippen LogP contribution in [0.15, 0.2) is 60.7 Å². The second kappa shape index (κ2) is 6.11. The standard InChI is InChI=1S/C22H27O2P/c1-22(2)16-13-20(22)19(15-23)21(14-16)25(24,17-9-5-3-6-10-17)18-11-7-4-8-12-18/h3-12,16,19-21,23H,13-15H2,1-2H3. The Kier molecular flexibility index (Phi) is 4.17. The van der Waals surface area contributed by atoms with E-state index in [4.69, 9.17) is 0 Å². The maximum Gasteiger partial charge on any atom is 0.146 e. The summed E-state index contributed by atoms with van der Waals surface area (Å²) >= 11 is 0. The first-order chi connectivity index (χ1) is 12.0. The molecule has 2 nitrogen and oxygen atoms in total. The van der Waals surface area contributed by atoms with Gasteiger partial charge in [0.15, 0.2) is 0 Å². The Morgan fingerprint density at radius 2 is 1.48 bits per heavy atom. The third-order valence-corrected chi connectivity index (χ3v) is 10.7. The van der Waals surface area contributed by atoms with Gasteiger partial charge in [-0.3, -0.25) is 0 Å². The molecule has 3 aliphatic rings. The van der Waals surface area contributed by atoms with Crippen molar-refractivity contribution in [2.75, 3.05) is 6.61 Å². The normalized spacial score (nSPS) is 30.5. The third-order valence-electron chi connectivity index (χ3n) is 7.04. The van der Waals surface area contributed by atoms with Crippen LogP contribution >= 0.6 is 7.14 Å². The number of fused-ring (bicyclic) bond motifs is 2. The molecule has 4 unspecified atom stereocenters. The van der Waals surface area contributed by atoms with Crippen molar-refractivity contribution in [3.63, 3.8) is 0 Å². The zero-order valence-corrected chi connectivity index (χ0v) is 15.9. The Labute approximate surface area is 150 Å². The number of hydrogen-bond donors (Lipinski definition) is 1. The van der Waals surface area contributed by atoms with Crippen molar-refractivity contribution in [3.05, 3.63) is 60.7 Å². The van der Waals surface area contributed by atoms with Crippen molar-refractivity contribution >= 4 is 17.8 Å². The van der Waals surface area contributed by atoms with Crippen molar-refractivity contribution in [2.24, 2.45) is 23.2 Å². The first kappa shape index (κ1) is 17.1. The van der Waals surface area contributed by atoms with E-state index in [2.05, 4.69) is 13.8 Å². The van der Waals surface area contributed by atoms with E-state index in [1.54, 1.807) is 0 Å². The van der Waals surface area contributed by atoms with Crippen LogP contribution < -0.4 is 10.6 Å². The summed E-state index contributed by atoms with van der Waals surface area (Å²) in [5, 5.41) is 12.1. The summed E-state index contributed by atoms with van der Waals surface area (Å²) in [7, 11) is -2.80. The maximum atomic E-state index is 14.6. The molecular weight excluding hydrogens is 327 g/mol. The monoisotopic (exact) mass is 354 g/mol. The summed E-state index contributed by atoms with van der Waals surface area (Å²) in [6.45, 7) is 4.77. The fraction of sp³-hybridized carbons (Fsp3) is 0.455. The van der Waals surface area contributed by atoms with E-state index in [1.165, 1.54) is 6.42 Å². The highest BCUT2D eigenvalue weighted by Crippen LogP contribution is 2.68. The Bertz CT molecular complexity index is 741. The predicted octanol–water partition coefficient (Wildman–Crippen LogP) is 4.04. The molecule has 25 heavy (non-hydrogen) atoms. The van der Waals surface area contributed by atoms with Crippen LogP contribution in [-0.4, -0.2) is 17.4 Å². The van der Waals surface area contributed by atoms with Crippen LogP contribution in [0.25, 0.3) is 0 Å². The molecule has 4 atom stereocenters. The second-order valence-corrected chi connectivity index (χ2v) is 11.4. The maximum absolute atomic E-state index is 14.6. The Hall–Kier alpha value is -1.37. The van der Waals surface area contributed by atoms with Gasteiger partial charge in [-0.05, 0) is 36.0 Å². The van der Waals surface area contributed by atoms with Crippen LogP contribution in [-0.2, 0) is 4.57 Å². The molecule has 2 aromatic rings. The summed E-state index contributed by atoms with van der Waals surface area (Å²) in [4.78, 5) is 0. The van der Waals surface area contributed by atoms with Gasteiger partial charge < -0.3 is 9.67 Å². The van der Waals surface area contributed by atoms with Gasteiger partial charge in [-0.25, -0.2) is 0 Å². The largest absolute Gasteiger partial charge is 0.396 e. The zero-order chi connectivity index (χ0) is 17.7. The summed E-state index contributed by atoms with van der Waals surface area (Å²) in [5.74, 6) is 1.21.